The maximum absolute atomic E-state index is 12.0. The molecule has 7 heteroatoms. The van der Waals surface area contributed by atoms with Crippen LogP contribution in [0.4, 0.5) is 0 Å². The van der Waals surface area contributed by atoms with Gasteiger partial charge in [0.25, 0.3) is 0 Å². The van der Waals surface area contributed by atoms with E-state index in [0.29, 0.717) is 10.7 Å². The average molecular weight is 290 g/mol. The molecule has 0 bridgehead atoms. The summed E-state index contributed by atoms with van der Waals surface area (Å²) in [5.74, 6) is -0.527. The van der Waals surface area contributed by atoms with Gasteiger partial charge in [0.2, 0.25) is 5.91 Å². The summed E-state index contributed by atoms with van der Waals surface area (Å²) in [6.45, 7) is 0. The van der Waals surface area contributed by atoms with Gasteiger partial charge in [0.05, 0.1) is 12.4 Å². The quantitative estimate of drug-likeness (QED) is 0.599. The molecule has 1 aliphatic heterocycles. The minimum atomic E-state index is -0.527. The van der Waals surface area contributed by atoms with E-state index >= 15 is 0 Å². The van der Waals surface area contributed by atoms with Crippen molar-refractivity contribution in [3.05, 3.63) is 0 Å². The molecule has 0 aromatic heterocycles. The number of hydrogen-bond donors (Lipinski definition) is 1. The summed E-state index contributed by atoms with van der Waals surface area (Å²) >= 11 is 6.54. The monoisotopic (exact) mass is 290 g/mol. The van der Waals surface area contributed by atoms with Crippen LogP contribution in [0.15, 0.2) is 0 Å². The minimum absolute atomic E-state index is 0.142. The molecule has 18 heavy (non-hydrogen) atoms. The summed E-state index contributed by atoms with van der Waals surface area (Å²) < 4.78 is 5.33. The predicted molar refractivity (Wildman–Crippen MR) is 75.5 cm³/mol. The van der Waals surface area contributed by atoms with Crippen molar-refractivity contribution in [1.82, 2.24) is 10.2 Å². The topological polar surface area (TPSA) is 58.6 Å². The van der Waals surface area contributed by atoms with Crippen LogP contribution in [0.25, 0.3) is 0 Å². The van der Waals surface area contributed by atoms with Gasteiger partial charge < -0.3 is 15.0 Å². The third-order valence-electron chi connectivity index (χ3n) is 2.66. The number of ether oxygens (including phenoxy) is 1. The van der Waals surface area contributed by atoms with Crippen LogP contribution >= 0.6 is 24.0 Å². The van der Waals surface area contributed by atoms with Crippen LogP contribution in [-0.4, -0.2) is 53.6 Å². The summed E-state index contributed by atoms with van der Waals surface area (Å²) in [5, 5.41) is 2.48. The Balaban J connectivity index is 2.61. The molecule has 0 aromatic carbocycles. The molecule has 0 aromatic rings. The van der Waals surface area contributed by atoms with Crippen molar-refractivity contribution in [1.29, 1.82) is 0 Å². The van der Waals surface area contributed by atoms with E-state index in [4.69, 9.17) is 12.2 Å². The Morgan fingerprint density at radius 3 is 2.72 bits per heavy atom. The summed E-state index contributed by atoms with van der Waals surface area (Å²) in [6, 6.07) is -0.527. The first-order valence-corrected chi connectivity index (χ1v) is 7.00. The van der Waals surface area contributed by atoms with Gasteiger partial charge >= 0.3 is 5.97 Å². The zero-order valence-corrected chi connectivity index (χ0v) is 12.4. The molecule has 1 amide bonds. The Kier molecular flexibility index (Phi) is 5.87. The Morgan fingerprint density at radius 1 is 1.50 bits per heavy atom. The fourth-order valence-electron chi connectivity index (χ4n) is 1.63. The number of nitrogens with zero attached hydrogens (tertiary/aromatic N) is 1. The zero-order valence-electron chi connectivity index (χ0n) is 10.8. The van der Waals surface area contributed by atoms with Crippen molar-refractivity contribution in [2.24, 2.45) is 0 Å². The second-order valence-corrected chi connectivity index (χ2v) is 6.12. The van der Waals surface area contributed by atoms with E-state index in [0.717, 1.165) is 12.8 Å². The van der Waals surface area contributed by atoms with Gasteiger partial charge in [-0.15, -0.1) is 0 Å². The molecule has 2 atom stereocenters. The first kappa shape index (κ1) is 15.2. The third-order valence-corrected chi connectivity index (χ3v) is 4.62. The molecular formula is C11H18N2O3S2. The fraction of sp³-hybridized carbons (Fsp3) is 0.727. The molecule has 1 heterocycles. The number of hydrogen-bond acceptors (Lipinski definition) is 5. The Labute approximate surface area is 117 Å². The van der Waals surface area contributed by atoms with Crippen LogP contribution in [0.3, 0.4) is 0 Å². The SMILES string of the molecule is COC(=O)[C@@H]1CCC[C@H](SC(=S)N(C)C)C(=O)N1. The van der Waals surface area contributed by atoms with Gasteiger partial charge in [-0.25, -0.2) is 4.79 Å². The summed E-state index contributed by atoms with van der Waals surface area (Å²) in [6.07, 6.45) is 2.13. The molecule has 0 unspecified atom stereocenters. The number of nitrogens with one attached hydrogen (secondary N) is 1. The van der Waals surface area contributed by atoms with Gasteiger partial charge in [-0.05, 0) is 19.3 Å². The Hall–Kier alpha value is -0.820. The number of thiocarbonyl (C=S) groups is 1. The minimum Gasteiger partial charge on any atom is -0.467 e. The Morgan fingerprint density at radius 2 is 2.17 bits per heavy atom. The lowest BCUT2D eigenvalue weighted by molar-refractivity contribution is -0.144. The average Bonchev–Trinajstić information content (AvgIpc) is 2.51. The maximum atomic E-state index is 12.0. The first-order chi connectivity index (χ1) is 8.45. The first-order valence-electron chi connectivity index (χ1n) is 5.72. The van der Waals surface area contributed by atoms with Crippen LogP contribution in [0.1, 0.15) is 19.3 Å². The molecule has 5 nitrogen and oxygen atoms in total. The van der Waals surface area contributed by atoms with Gasteiger partial charge in [-0.1, -0.05) is 24.0 Å². The Bertz CT molecular complexity index is 347. The number of thioether (sulfide) groups is 1. The lowest BCUT2D eigenvalue weighted by Gasteiger charge is -2.18. The van der Waals surface area contributed by atoms with E-state index < -0.39 is 6.04 Å². The second-order valence-electron chi connectivity index (χ2n) is 4.28. The maximum Gasteiger partial charge on any atom is 0.328 e. The van der Waals surface area contributed by atoms with Gasteiger partial charge in [0.15, 0.2) is 0 Å². The molecule has 1 fully saturated rings. The largest absolute Gasteiger partial charge is 0.467 e. The van der Waals surface area contributed by atoms with Crippen molar-refractivity contribution in [2.45, 2.75) is 30.6 Å². The van der Waals surface area contributed by atoms with Gasteiger partial charge in [0.1, 0.15) is 10.4 Å². The van der Waals surface area contributed by atoms with Crippen LogP contribution in [0.2, 0.25) is 0 Å². The van der Waals surface area contributed by atoms with Gasteiger partial charge in [-0.3, -0.25) is 4.79 Å². The van der Waals surface area contributed by atoms with Crippen molar-refractivity contribution in [2.75, 3.05) is 21.2 Å². The fourth-order valence-corrected chi connectivity index (χ4v) is 2.90. The molecule has 1 N–H and O–H groups in total. The highest BCUT2D eigenvalue weighted by Gasteiger charge is 2.30. The van der Waals surface area contributed by atoms with Crippen LogP contribution < -0.4 is 5.32 Å². The molecule has 0 spiro atoms. The van der Waals surface area contributed by atoms with Crippen molar-refractivity contribution >= 4 is 40.2 Å². The lowest BCUT2D eigenvalue weighted by atomic mass is 10.1. The summed E-state index contributed by atoms with van der Waals surface area (Å²) in [4.78, 5) is 25.2. The number of amides is 1. The van der Waals surface area contributed by atoms with E-state index in [1.54, 1.807) is 4.90 Å². The van der Waals surface area contributed by atoms with E-state index in [1.807, 2.05) is 14.1 Å². The van der Waals surface area contributed by atoms with Crippen molar-refractivity contribution < 1.29 is 14.3 Å². The molecule has 0 saturated carbocycles. The van der Waals surface area contributed by atoms with Crippen LogP contribution in [0.5, 0.6) is 0 Å². The second kappa shape index (κ2) is 6.94. The van der Waals surface area contributed by atoms with E-state index in [-0.39, 0.29) is 17.1 Å². The zero-order chi connectivity index (χ0) is 13.7. The highest BCUT2D eigenvalue weighted by molar-refractivity contribution is 8.23. The normalized spacial score (nSPS) is 23.8. The number of carbonyl (C=O) groups is 2. The van der Waals surface area contributed by atoms with Crippen molar-refractivity contribution in [3.63, 3.8) is 0 Å². The lowest BCUT2D eigenvalue weighted by Crippen LogP contribution is -2.43. The molecule has 102 valence electrons. The number of esters is 1. The molecular weight excluding hydrogens is 272 g/mol. The van der Waals surface area contributed by atoms with Crippen LogP contribution in [0, 0.1) is 0 Å². The van der Waals surface area contributed by atoms with Gasteiger partial charge in [0, 0.05) is 14.1 Å². The molecule has 1 saturated heterocycles. The number of methoxy groups -OCH3 is 1. The third kappa shape index (κ3) is 4.13. The highest BCUT2D eigenvalue weighted by Crippen LogP contribution is 2.24. The smallest absolute Gasteiger partial charge is 0.328 e. The molecule has 0 aliphatic carbocycles. The number of carbonyl (C=O) groups excluding carboxylic acids is 2. The number of rotatable bonds is 2. The van der Waals surface area contributed by atoms with Crippen LogP contribution in [-0.2, 0) is 14.3 Å². The molecule has 0 radical (unpaired) electrons. The van der Waals surface area contributed by atoms with Gasteiger partial charge in [-0.2, -0.15) is 0 Å². The van der Waals surface area contributed by atoms with E-state index in [2.05, 4.69) is 10.1 Å². The molecule has 1 rings (SSSR count). The summed E-state index contributed by atoms with van der Waals surface area (Å²) in [5.41, 5.74) is 0. The van der Waals surface area contributed by atoms with E-state index in [9.17, 15) is 9.59 Å². The summed E-state index contributed by atoms with van der Waals surface area (Å²) in [7, 11) is 5.02. The van der Waals surface area contributed by atoms with E-state index in [1.165, 1.54) is 18.9 Å². The highest BCUT2D eigenvalue weighted by atomic mass is 32.2. The molecule has 1 aliphatic rings. The standard InChI is InChI=1S/C11H18N2O3S2/c1-13(2)11(17)18-8-6-4-5-7(10(15)16-3)12-9(8)14/h7-8H,4-6H2,1-3H3,(H,12,14)/t7-,8-/m0/s1. The predicted octanol–water partition coefficient (Wildman–Crippen LogP) is 0.776. The van der Waals surface area contributed by atoms with Crippen molar-refractivity contribution in [3.8, 4) is 0 Å².